The summed E-state index contributed by atoms with van der Waals surface area (Å²) in [4.78, 5) is 6.21. The van der Waals surface area contributed by atoms with Gasteiger partial charge in [0.05, 0.1) is 6.20 Å². The van der Waals surface area contributed by atoms with E-state index >= 15 is 0 Å². The predicted octanol–water partition coefficient (Wildman–Crippen LogP) is -0.0831. The summed E-state index contributed by atoms with van der Waals surface area (Å²) in [5.74, 6) is 0. The van der Waals surface area contributed by atoms with Gasteiger partial charge in [-0.05, 0) is 11.6 Å². The monoisotopic (exact) mass is 126 g/mol. The quantitative estimate of drug-likeness (QED) is 0.568. The Hall–Kier alpha value is -1.06. The summed E-state index contributed by atoms with van der Waals surface area (Å²) in [5.41, 5.74) is 0. The van der Waals surface area contributed by atoms with E-state index in [1.807, 2.05) is 6.92 Å². The van der Waals surface area contributed by atoms with Crippen LogP contribution in [-0.4, -0.2) is 21.8 Å². The molecule has 0 aliphatic carbocycles. The van der Waals surface area contributed by atoms with Crippen molar-refractivity contribution in [2.75, 3.05) is 6.61 Å². The Balaban J connectivity index is 2.30. The first kappa shape index (κ1) is 6.07. The number of nitrogens with zero attached hydrogens (tertiary/aromatic N) is 3. The van der Waals surface area contributed by atoms with Gasteiger partial charge in [0.2, 0.25) is 0 Å². The Labute approximate surface area is 53.4 Å². The van der Waals surface area contributed by atoms with E-state index in [1.165, 1.54) is 11.0 Å². The van der Waals surface area contributed by atoms with Crippen LogP contribution in [0.3, 0.4) is 0 Å². The molecule has 1 radical (unpaired) electrons. The topological polar surface area (TPSA) is 39.9 Å². The molecule has 0 bridgehead atoms. The molecule has 0 aliphatic heterocycles. The van der Waals surface area contributed by atoms with Crippen LogP contribution in [-0.2, 0) is 0 Å². The zero-order valence-corrected chi connectivity index (χ0v) is 5.24. The van der Waals surface area contributed by atoms with Crippen molar-refractivity contribution < 1.29 is 4.84 Å². The van der Waals surface area contributed by atoms with Crippen LogP contribution in [0.2, 0.25) is 0 Å². The molecule has 0 fully saturated rings. The smallest absolute Gasteiger partial charge is 0.154 e. The fourth-order valence-electron chi connectivity index (χ4n) is 0.415. The second kappa shape index (κ2) is 3.06. The van der Waals surface area contributed by atoms with Crippen LogP contribution in [0, 0.1) is 6.20 Å². The van der Waals surface area contributed by atoms with E-state index in [0.717, 1.165) is 6.42 Å². The Kier molecular flexibility index (Phi) is 2.06. The summed E-state index contributed by atoms with van der Waals surface area (Å²) >= 11 is 0. The molecule has 4 nitrogen and oxygen atoms in total. The first-order valence-corrected chi connectivity index (χ1v) is 2.85. The van der Waals surface area contributed by atoms with Crippen LogP contribution >= 0.6 is 0 Å². The average molecular weight is 126 g/mol. The Morgan fingerprint density at radius 1 is 1.78 bits per heavy atom. The third-order valence-electron chi connectivity index (χ3n) is 0.776. The molecule has 0 aliphatic rings. The molecule has 0 unspecified atom stereocenters. The van der Waals surface area contributed by atoms with Gasteiger partial charge in [0, 0.05) is 0 Å². The SMILES string of the molecule is CCCOn1[c]cnn1. The molecule has 0 aromatic carbocycles. The number of hydrogen-bond acceptors (Lipinski definition) is 3. The summed E-state index contributed by atoms with van der Waals surface area (Å²) in [6.45, 7) is 2.68. The molecule has 1 aromatic heterocycles. The zero-order valence-electron chi connectivity index (χ0n) is 5.24. The Morgan fingerprint density at radius 3 is 3.22 bits per heavy atom. The first-order valence-electron chi connectivity index (χ1n) is 2.85. The maximum absolute atomic E-state index is 4.98. The normalized spacial score (nSPS) is 9.44. The molecule has 49 valence electrons. The van der Waals surface area contributed by atoms with Crippen LogP contribution in [0.4, 0.5) is 0 Å². The highest BCUT2D eigenvalue weighted by atomic mass is 16.7. The summed E-state index contributed by atoms with van der Waals surface area (Å²) < 4.78 is 0. The molecule has 9 heavy (non-hydrogen) atoms. The van der Waals surface area contributed by atoms with E-state index < -0.39 is 0 Å². The van der Waals surface area contributed by atoms with E-state index in [0.29, 0.717) is 6.61 Å². The molecule has 1 heterocycles. The fourth-order valence-corrected chi connectivity index (χ4v) is 0.415. The molecule has 0 spiro atoms. The van der Waals surface area contributed by atoms with Crippen molar-refractivity contribution in [1.82, 2.24) is 15.2 Å². The van der Waals surface area contributed by atoms with Gasteiger partial charge >= 0.3 is 0 Å². The van der Waals surface area contributed by atoms with Crippen molar-refractivity contribution in [2.24, 2.45) is 0 Å². The van der Waals surface area contributed by atoms with Crippen LogP contribution in [0.1, 0.15) is 13.3 Å². The highest BCUT2D eigenvalue weighted by molar-refractivity contribution is 4.55. The summed E-state index contributed by atoms with van der Waals surface area (Å²) in [6.07, 6.45) is 5.06. The van der Waals surface area contributed by atoms with E-state index in [2.05, 4.69) is 16.5 Å². The van der Waals surface area contributed by atoms with Gasteiger partial charge in [-0.3, -0.25) is 0 Å². The Bertz CT molecular complexity index is 149. The van der Waals surface area contributed by atoms with E-state index in [9.17, 15) is 0 Å². The Morgan fingerprint density at radius 2 is 2.67 bits per heavy atom. The lowest BCUT2D eigenvalue weighted by Crippen LogP contribution is -2.12. The average Bonchev–Trinajstić information content (AvgIpc) is 2.34. The fraction of sp³-hybridized carbons (Fsp3) is 0.600. The molecule has 0 saturated heterocycles. The van der Waals surface area contributed by atoms with Crippen molar-refractivity contribution in [1.29, 1.82) is 0 Å². The largest absolute Gasteiger partial charge is 0.395 e. The number of aromatic nitrogens is 3. The third kappa shape index (κ3) is 1.71. The van der Waals surface area contributed by atoms with Gasteiger partial charge in [0.1, 0.15) is 6.61 Å². The van der Waals surface area contributed by atoms with Crippen LogP contribution < -0.4 is 4.84 Å². The van der Waals surface area contributed by atoms with Gasteiger partial charge in [-0.1, -0.05) is 11.8 Å². The van der Waals surface area contributed by atoms with Gasteiger partial charge in [0.25, 0.3) is 0 Å². The van der Waals surface area contributed by atoms with Gasteiger partial charge in [-0.15, -0.1) is 5.10 Å². The highest BCUT2D eigenvalue weighted by Gasteiger charge is 1.87. The molecular formula is C5H8N3O. The second-order valence-electron chi connectivity index (χ2n) is 1.57. The van der Waals surface area contributed by atoms with Crippen LogP contribution in [0.25, 0.3) is 0 Å². The molecular weight excluding hydrogens is 118 g/mol. The summed E-state index contributed by atoms with van der Waals surface area (Å²) in [5, 5.41) is 7.05. The van der Waals surface area contributed by atoms with Crippen molar-refractivity contribution in [3.8, 4) is 0 Å². The van der Waals surface area contributed by atoms with Gasteiger partial charge < -0.3 is 4.84 Å². The van der Waals surface area contributed by atoms with Gasteiger partial charge in [-0.2, -0.15) is 0 Å². The van der Waals surface area contributed by atoms with E-state index in [-0.39, 0.29) is 0 Å². The molecule has 4 heteroatoms. The minimum absolute atomic E-state index is 0.653. The molecule has 0 amide bonds. The first-order chi connectivity index (χ1) is 4.43. The van der Waals surface area contributed by atoms with Gasteiger partial charge in [0.15, 0.2) is 6.20 Å². The lowest BCUT2D eigenvalue weighted by Gasteiger charge is -1.98. The van der Waals surface area contributed by atoms with Crippen molar-refractivity contribution in [3.63, 3.8) is 0 Å². The lowest BCUT2D eigenvalue weighted by molar-refractivity contribution is 0.0771. The highest BCUT2D eigenvalue weighted by Crippen LogP contribution is 1.75. The second-order valence-corrected chi connectivity index (χ2v) is 1.57. The molecule has 0 atom stereocenters. The van der Waals surface area contributed by atoms with Crippen molar-refractivity contribution >= 4 is 0 Å². The van der Waals surface area contributed by atoms with Crippen molar-refractivity contribution in [3.05, 3.63) is 12.4 Å². The maximum Gasteiger partial charge on any atom is 0.154 e. The third-order valence-corrected chi connectivity index (χ3v) is 0.776. The molecule has 1 rings (SSSR count). The minimum atomic E-state index is 0.653. The van der Waals surface area contributed by atoms with Crippen LogP contribution in [0.15, 0.2) is 6.20 Å². The maximum atomic E-state index is 4.98. The van der Waals surface area contributed by atoms with Crippen molar-refractivity contribution in [2.45, 2.75) is 13.3 Å². The van der Waals surface area contributed by atoms with E-state index in [4.69, 9.17) is 4.84 Å². The number of hydrogen-bond donors (Lipinski definition) is 0. The zero-order chi connectivity index (χ0) is 6.53. The lowest BCUT2D eigenvalue weighted by atomic mass is 10.5. The standard InChI is InChI=1S/C5H8N3O/c1-2-5-9-8-4-3-6-7-8/h3H,2,5H2,1H3. The van der Waals surface area contributed by atoms with Crippen LogP contribution in [0.5, 0.6) is 0 Å². The van der Waals surface area contributed by atoms with E-state index in [1.54, 1.807) is 0 Å². The number of rotatable bonds is 3. The predicted molar refractivity (Wildman–Crippen MR) is 30.6 cm³/mol. The minimum Gasteiger partial charge on any atom is -0.395 e. The molecule has 0 saturated carbocycles. The summed E-state index contributed by atoms with van der Waals surface area (Å²) in [6, 6.07) is 0. The van der Waals surface area contributed by atoms with Gasteiger partial charge in [-0.25, -0.2) is 0 Å². The molecule has 1 aromatic rings. The molecule has 0 N–H and O–H groups in total. The summed E-state index contributed by atoms with van der Waals surface area (Å²) in [7, 11) is 0.